The topological polar surface area (TPSA) is 111 Å². The Balaban J connectivity index is 2.34. The maximum absolute atomic E-state index is 11.8. The minimum Gasteiger partial charge on any atom is -0.363 e. The highest BCUT2D eigenvalue weighted by Crippen LogP contribution is 2.21. The average molecular weight is 269 g/mol. The van der Waals surface area contributed by atoms with Crippen LogP contribution in [0, 0.1) is 10.1 Å². The number of hydrogen-bond donors (Lipinski definition) is 1. The molecule has 0 spiro atoms. The van der Waals surface area contributed by atoms with Crippen molar-refractivity contribution in [3.8, 4) is 0 Å². The molecule has 0 aromatic carbocycles. The number of amides is 1. The first-order valence-electron chi connectivity index (χ1n) is 4.59. The molecule has 2 heterocycles. The average Bonchev–Trinajstić information content (AvgIpc) is 2.81. The standard InChI is InChI=1S/C9H5ClN4O4/c10-7-3-5(6(4-11-7)14(16)17)9(15)12-8-1-2-18-13-8/h1-4H,(H,12,13,15). The lowest BCUT2D eigenvalue weighted by Gasteiger charge is -2.02. The predicted molar refractivity (Wildman–Crippen MR) is 60.4 cm³/mol. The Bertz CT molecular complexity index is 599. The number of carbonyl (C=O) groups is 1. The van der Waals surface area contributed by atoms with E-state index < -0.39 is 16.5 Å². The third kappa shape index (κ3) is 2.43. The number of anilines is 1. The Kier molecular flexibility index (Phi) is 3.20. The molecule has 92 valence electrons. The van der Waals surface area contributed by atoms with Crippen molar-refractivity contribution in [1.82, 2.24) is 10.1 Å². The summed E-state index contributed by atoms with van der Waals surface area (Å²) in [6.07, 6.45) is 2.17. The fourth-order valence-corrected chi connectivity index (χ4v) is 1.37. The molecule has 8 nitrogen and oxygen atoms in total. The molecule has 2 rings (SSSR count). The van der Waals surface area contributed by atoms with Crippen LogP contribution in [0.2, 0.25) is 5.15 Å². The van der Waals surface area contributed by atoms with E-state index in [0.29, 0.717) is 0 Å². The van der Waals surface area contributed by atoms with Gasteiger partial charge in [0.05, 0.1) is 4.92 Å². The van der Waals surface area contributed by atoms with Crippen LogP contribution in [0.1, 0.15) is 10.4 Å². The van der Waals surface area contributed by atoms with E-state index in [9.17, 15) is 14.9 Å². The highest BCUT2D eigenvalue weighted by molar-refractivity contribution is 6.30. The SMILES string of the molecule is O=C(Nc1ccon1)c1cc(Cl)ncc1[N+](=O)[O-]. The quantitative estimate of drug-likeness (QED) is 0.517. The summed E-state index contributed by atoms with van der Waals surface area (Å²) in [5.41, 5.74) is -0.650. The van der Waals surface area contributed by atoms with Gasteiger partial charge in [-0.2, -0.15) is 0 Å². The van der Waals surface area contributed by atoms with Crippen molar-refractivity contribution in [3.63, 3.8) is 0 Å². The predicted octanol–water partition coefficient (Wildman–Crippen LogP) is 1.88. The zero-order valence-corrected chi connectivity index (χ0v) is 9.42. The van der Waals surface area contributed by atoms with Gasteiger partial charge < -0.3 is 9.84 Å². The summed E-state index contributed by atoms with van der Waals surface area (Å²) in [5, 5.41) is 16.5. The second kappa shape index (κ2) is 4.80. The van der Waals surface area contributed by atoms with Gasteiger partial charge in [-0.05, 0) is 6.07 Å². The fourth-order valence-electron chi connectivity index (χ4n) is 1.21. The number of rotatable bonds is 3. The van der Waals surface area contributed by atoms with Crippen LogP contribution >= 0.6 is 11.6 Å². The molecule has 9 heteroatoms. The molecular formula is C9H5ClN4O4. The third-order valence-electron chi connectivity index (χ3n) is 1.97. The highest BCUT2D eigenvalue weighted by atomic mass is 35.5. The van der Waals surface area contributed by atoms with Gasteiger partial charge >= 0.3 is 0 Å². The summed E-state index contributed by atoms with van der Waals surface area (Å²) in [6, 6.07) is 2.50. The van der Waals surface area contributed by atoms with Gasteiger partial charge in [-0.1, -0.05) is 16.8 Å². The van der Waals surface area contributed by atoms with E-state index in [1.165, 1.54) is 12.3 Å². The molecule has 0 radical (unpaired) electrons. The van der Waals surface area contributed by atoms with Gasteiger partial charge in [0.2, 0.25) is 0 Å². The van der Waals surface area contributed by atoms with Crippen LogP contribution < -0.4 is 5.32 Å². The monoisotopic (exact) mass is 268 g/mol. The highest BCUT2D eigenvalue weighted by Gasteiger charge is 2.22. The van der Waals surface area contributed by atoms with Gasteiger partial charge in [0, 0.05) is 6.07 Å². The Labute approximate surface area is 105 Å². The van der Waals surface area contributed by atoms with E-state index in [2.05, 4.69) is 20.0 Å². The first-order valence-corrected chi connectivity index (χ1v) is 4.97. The summed E-state index contributed by atoms with van der Waals surface area (Å²) in [6.45, 7) is 0. The molecule has 0 aliphatic rings. The number of nitro groups is 1. The Morgan fingerprint density at radius 1 is 1.56 bits per heavy atom. The molecule has 0 bridgehead atoms. The zero-order valence-electron chi connectivity index (χ0n) is 8.66. The van der Waals surface area contributed by atoms with Crippen LogP contribution in [-0.4, -0.2) is 21.0 Å². The van der Waals surface area contributed by atoms with Crippen LogP contribution in [-0.2, 0) is 0 Å². The molecular weight excluding hydrogens is 264 g/mol. The second-order valence-electron chi connectivity index (χ2n) is 3.12. The zero-order chi connectivity index (χ0) is 13.1. The summed E-state index contributed by atoms with van der Waals surface area (Å²) in [7, 11) is 0. The Morgan fingerprint density at radius 3 is 2.94 bits per heavy atom. The first-order chi connectivity index (χ1) is 8.58. The van der Waals surface area contributed by atoms with Crippen LogP contribution in [0.5, 0.6) is 0 Å². The van der Waals surface area contributed by atoms with E-state index in [1.54, 1.807) is 0 Å². The molecule has 0 aliphatic carbocycles. The normalized spacial score (nSPS) is 10.1. The summed E-state index contributed by atoms with van der Waals surface area (Å²) in [4.78, 5) is 25.4. The van der Waals surface area contributed by atoms with E-state index in [4.69, 9.17) is 11.6 Å². The minimum absolute atomic E-state index is 0.0223. The van der Waals surface area contributed by atoms with Gasteiger partial charge in [0.25, 0.3) is 11.6 Å². The second-order valence-corrected chi connectivity index (χ2v) is 3.51. The van der Waals surface area contributed by atoms with E-state index in [-0.39, 0.29) is 16.5 Å². The van der Waals surface area contributed by atoms with Crippen LogP contribution in [0.15, 0.2) is 29.1 Å². The smallest absolute Gasteiger partial charge is 0.300 e. The molecule has 0 unspecified atom stereocenters. The molecule has 1 amide bonds. The first kappa shape index (κ1) is 12.0. The van der Waals surface area contributed by atoms with Gasteiger partial charge in [0.15, 0.2) is 5.82 Å². The van der Waals surface area contributed by atoms with Crippen molar-refractivity contribution in [2.75, 3.05) is 5.32 Å². The summed E-state index contributed by atoms with van der Waals surface area (Å²) >= 11 is 5.60. The Hall–Kier alpha value is -2.48. The van der Waals surface area contributed by atoms with Crippen molar-refractivity contribution in [2.45, 2.75) is 0 Å². The van der Waals surface area contributed by atoms with Gasteiger partial charge in [-0.15, -0.1) is 0 Å². The third-order valence-corrected chi connectivity index (χ3v) is 2.18. The number of nitrogens with one attached hydrogen (secondary N) is 1. The number of hydrogen-bond acceptors (Lipinski definition) is 6. The molecule has 0 saturated heterocycles. The summed E-state index contributed by atoms with van der Waals surface area (Å²) < 4.78 is 4.52. The number of pyridine rings is 1. The molecule has 2 aromatic rings. The minimum atomic E-state index is -0.722. The summed E-state index contributed by atoms with van der Waals surface area (Å²) in [5.74, 6) is -0.581. The van der Waals surface area contributed by atoms with Crippen molar-refractivity contribution in [1.29, 1.82) is 0 Å². The molecule has 0 fully saturated rings. The number of carbonyl (C=O) groups excluding carboxylic acids is 1. The lowest BCUT2D eigenvalue weighted by atomic mass is 10.2. The molecule has 1 N–H and O–H groups in total. The molecule has 2 aromatic heterocycles. The van der Waals surface area contributed by atoms with E-state index >= 15 is 0 Å². The Morgan fingerprint density at radius 2 is 2.33 bits per heavy atom. The molecule has 18 heavy (non-hydrogen) atoms. The molecule has 0 saturated carbocycles. The maximum atomic E-state index is 11.8. The van der Waals surface area contributed by atoms with Crippen molar-refractivity contribution < 1.29 is 14.2 Å². The number of halogens is 1. The van der Waals surface area contributed by atoms with Crippen LogP contribution in [0.25, 0.3) is 0 Å². The van der Waals surface area contributed by atoms with Crippen molar-refractivity contribution in [2.24, 2.45) is 0 Å². The van der Waals surface area contributed by atoms with Crippen molar-refractivity contribution in [3.05, 3.63) is 45.4 Å². The maximum Gasteiger partial charge on any atom is 0.300 e. The number of nitrogens with zero attached hydrogens (tertiary/aromatic N) is 3. The number of aromatic nitrogens is 2. The van der Waals surface area contributed by atoms with Crippen molar-refractivity contribution >= 4 is 29.0 Å². The molecule has 0 aliphatic heterocycles. The van der Waals surface area contributed by atoms with Crippen LogP contribution in [0.4, 0.5) is 11.5 Å². The van der Waals surface area contributed by atoms with E-state index in [0.717, 1.165) is 12.3 Å². The van der Waals surface area contributed by atoms with E-state index in [1.807, 2.05) is 0 Å². The largest absolute Gasteiger partial charge is 0.363 e. The van der Waals surface area contributed by atoms with Gasteiger partial charge in [-0.25, -0.2) is 4.98 Å². The lowest BCUT2D eigenvalue weighted by molar-refractivity contribution is -0.385. The van der Waals surface area contributed by atoms with Crippen LogP contribution in [0.3, 0.4) is 0 Å². The van der Waals surface area contributed by atoms with Gasteiger partial charge in [0.1, 0.15) is 23.2 Å². The lowest BCUT2D eigenvalue weighted by Crippen LogP contribution is -2.14. The fraction of sp³-hybridized carbons (Fsp3) is 0. The van der Waals surface area contributed by atoms with Gasteiger partial charge in [-0.3, -0.25) is 14.9 Å². The molecule has 0 atom stereocenters.